The topological polar surface area (TPSA) is 67.9 Å². The van der Waals surface area contributed by atoms with Crippen LogP contribution in [0.25, 0.3) is 0 Å². The Morgan fingerprint density at radius 1 is 1.30 bits per heavy atom. The van der Waals surface area contributed by atoms with Gasteiger partial charge in [0.25, 0.3) is 5.91 Å². The second-order valence-corrected chi connectivity index (χ2v) is 5.40. The van der Waals surface area contributed by atoms with Gasteiger partial charge in [0.1, 0.15) is 11.9 Å². The molecule has 1 fully saturated rings. The molecule has 2 atom stereocenters. The van der Waals surface area contributed by atoms with Crippen molar-refractivity contribution in [3.05, 3.63) is 30.1 Å². The van der Waals surface area contributed by atoms with Crippen LogP contribution < -0.4 is 5.32 Å². The number of carbonyl (C=O) groups excluding carboxylic acids is 2. The van der Waals surface area contributed by atoms with Crippen LogP contribution in [0.2, 0.25) is 0 Å². The van der Waals surface area contributed by atoms with Crippen LogP contribution >= 0.6 is 0 Å². The Morgan fingerprint density at radius 2 is 2.00 bits per heavy atom. The molecule has 23 heavy (non-hydrogen) atoms. The van der Waals surface area contributed by atoms with Gasteiger partial charge in [0.2, 0.25) is 0 Å². The third kappa shape index (κ3) is 5.01. The Hall–Kier alpha value is -1.99. The normalized spacial score (nSPS) is 18.0. The zero-order valence-electron chi connectivity index (χ0n) is 13.3. The van der Waals surface area contributed by atoms with E-state index in [2.05, 4.69) is 5.32 Å². The van der Waals surface area contributed by atoms with Crippen LogP contribution in [-0.2, 0) is 19.1 Å². The molecule has 0 spiro atoms. The fraction of sp³-hybridized carbons (Fsp3) is 0.500. The average molecular weight is 324 g/mol. The Balaban J connectivity index is 1.85. The lowest BCUT2D eigenvalue weighted by Crippen LogP contribution is -2.47. The molecule has 6 nitrogen and oxygen atoms in total. The largest absolute Gasteiger partial charge is 0.451 e. The Labute approximate surface area is 134 Å². The minimum atomic E-state index is -0.964. The van der Waals surface area contributed by atoms with E-state index in [1.54, 1.807) is 13.0 Å². The average Bonchev–Trinajstić information content (AvgIpc) is 2.54. The number of nitrogens with one attached hydrogen (secondary N) is 1. The molecule has 1 heterocycles. The number of esters is 1. The lowest BCUT2D eigenvalue weighted by molar-refractivity contribution is -0.159. The van der Waals surface area contributed by atoms with Crippen molar-refractivity contribution in [2.24, 2.45) is 0 Å². The number of hydrogen-bond donors (Lipinski definition) is 1. The lowest BCUT2D eigenvalue weighted by Gasteiger charge is -2.31. The Bertz CT molecular complexity index is 561. The highest BCUT2D eigenvalue weighted by molar-refractivity contribution is 5.95. The smallest absolute Gasteiger partial charge is 0.323 e. The monoisotopic (exact) mass is 324 g/mol. The van der Waals surface area contributed by atoms with E-state index in [1.807, 2.05) is 4.90 Å². The molecule has 1 aromatic rings. The fourth-order valence-electron chi connectivity index (χ4n) is 2.25. The molecule has 1 aliphatic rings. The van der Waals surface area contributed by atoms with Gasteiger partial charge in [-0.2, -0.15) is 0 Å². The number of anilines is 1. The summed E-state index contributed by atoms with van der Waals surface area (Å²) in [7, 11) is 0. The molecule has 1 aromatic carbocycles. The van der Waals surface area contributed by atoms with Crippen LogP contribution in [0, 0.1) is 5.82 Å². The number of benzene rings is 1. The Kier molecular flexibility index (Phi) is 6.06. The van der Waals surface area contributed by atoms with Crippen molar-refractivity contribution in [2.75, 3.05) is 31.6 Å². The molecule has 7 heteroatoms. The summed E-state index contributed by atoms with van der Waals surface area (Å²) in [6, 6.07) is 5.09. The van der Waals surface area contributed by atoms with Gasteiger partial charge in [-0.3, -0.25) is 14.5 Å². The van der Waals surface area contributed by atoms with Gasteiger partial charge in [0.05, 0.1) is 13.2 Å². The molecule has 0 radical (unpaired) electrons. The minimum Gasteiger partial charge on any atom is -0.451 e. The zero-order valence-corrected chi connectivity index (χ0v) is 13.3. The van der Waals surface area contributed by atoms with Gasteiger partial charge < -0.3 is 14.8 Å². The maximum absolute atomic E-state index is 13.1. The summed E-state index contributed by atoms with van der Waals surface area (Å²) in [4.78, 5) is 26.1. The molecule has 1 aliphatic heterocycles. The summed E-state index contributed by atoms with van der Waals surface area (Å²) < 4.78 is 23.5. The van der Waals surface area contributed by atoms with Crippen LogP contribution in [-0.4, -0.2) is 55.2 Å². The first-order valence-electron chi connectivity index (χ1n) is 7.56. The zero-order chi connectivity index (χ0) is 16.8. The van der Waals surface area contributed by atoms with Crippen molar-refractivity contribution in [3.8, 4) is 0 Å². The minimum absolute atomic E-state index is 0.319. The number of amides is 1. The number of morpholine rings is 1. The summed E-state index contributed by atoms with van der Waals surface area (Å²) in [5.41, 5.74) is 0.319. The lowest BCUT2D eigenvalue weighted by atomic mass is 10.2. The van der Waals surface area contributed by atoms with Crippen LogP contribution in [0.5, 0.6) is 0 Å². The second-order valence-electron chi connectivity index (χ2n) is 5.40. The summed E-state index contributed by atoms with van der Waals surface area (Å²) in [6.45, 7) is 5.68. The summed E-state index contributed by atoms with van der Waals surface area (Å²) in [5, 5.41) is 2.52. The van der Waals surface area contributed by atoms with Gasteiger partial charge >= 0.3 is 5.97 Å². The number of rotatable bonds is 5. The molecule has 126 valence electrons. The first-order valence-corrected chi connectivity index (χ1v) is 7.56. The number of hydrogen-bond acceptors (Lipinski definition) is 5. The molecular weight excluding hydrogens is 303 g/mol. The van der Waals surface area contributed by atoms with E-state index in [1.165, 1.54) is 25.1 Å². The second kappa shape index (κ2) is 8.03. The first kappa shape index (κ1) is 17.4. The molecule has 1 saturated heterocycles. The molecule has 0 aromatic heterocycles. The Morgan fingerprint density at radius 3 is 2.65 bits per heavy atom. The first-order chi connectivity index (χ1) is 11.0. The van der Waals surface area contributed by atoms with Crippen molar-refractivity contribution < 1.29 is 23.5 Å². The van der Waals surface area contributed by atoms with Gasteiger partial charge in [-0.25, -0.2) is 4.39 Å². The van der Waals surface area contributed by atoms with Gasteiger partial charge in [-0.05, 0) is 32.0 Å². The molecular formula is C16H21FN2O4. The van der Waals surface area contributed by atoms with Crippen molar-refractivity contribution in [1.82, 2.24) is 4.90 Å². The number of carbonyl (C=O) groups is 2. The maximum Gasteiger partial charge on any atom is 0.323 e. The highest BCUT2D eigenvalue weighted by Crippen LogP contribution is 2.11. The molecule has 1 N–H and O–H groups in total. The van der Waals surface area contributed by atoms with E-state index in [0.29, 0.717) is 32.0 Å². The van der Waals surface area contributed by atoms with Crippen LogP contribution in [0.15, 0.2) is 24.3 Å². The number of ether oxygens (including phenoxy) is 2. The third-order valence-electron chi connectivity index (χ3n) is 3.69. The standard InChI is InChI=1S/C16H21FN2O4/c1-11(19-6-8-22-9-7-19)16(21)23-12(2)15(20)18-14-5-3-4-13(17)10-14/h3-5,10-12H,6-9H2,1-2H3,(H,18,20)/t11-,12-/m1/s1. The molecule has 0 aliphatic carbocycles. The van der Waals surface area contributed by atoms with Gasteiger partial charge in [-0.15, -0.1) is 0 Å². The van der Waals surface area contributed by atoms with Gasteiger partial charge in [0.15, 0.2) is 6.10 Å². The fourth-order valence-corrected chi connectivity index (χ4v) is 2.25. The van der Waals surface area contributed by atoms with Crippen LogP contribution in [0.1, 0.15) is 13.8 Å². The quantitative estimate of drug-likeness (QED) is 0.830. The summed E-state index contributed by atoms with van der Waals surface area (Å²) >= 11 is 0. The maximum atomic E-state index is 13.1. The van der Waals surface area contributed by atoms with E-state index in [9.17, 15) is 14.0 Å². The van der Waals surface area contributed by atoms with Crippen molar-refractivity contribution in [2.45, 2.75) is 26.0 Å². The van der Waals surface area contributed by atoms with Crippen LogP contribution in [0.3, 0.4) is 0 Å². The van der Waals surface area contributed by atoms with Crippen molar-refractivity contribution in [3.63, 3.8) is 0 Å². The highest BCUT2D eigenvalue weighted by Gasteiger charge is 2.27. The molecule has 0 saturated carbocycles. The van der Waals surface area contributed by atoms with Crippen molar-refractivity contribution in [1.29, 1.82) is 0 Å². The van der Waals surface area contributed by atoms with Gasteiger partial charge in [0, 0.05) is 18.8 Å². The predicted molar refractivity (Wildman–Crippen MR) is 82.4 cm³/mol. The van der Waals surface area contributed by atoms with E-state index >= 15 is 0 Å². The highest BCUT2D eigenvalue weighted by atomic mass is 19.1. The predicted octanol–water partition coefficient (Wildman–Crippen LogP) is 1.42. The van der Waals surface area contributed by atoms with Gasteiger partial charge in [-0.1, -0.05) is 6.07 Å². The van der Waals surface area contributed by atoms with Crippen molar-refractivity contribution >= 4 is 17.6 Å². The molecule has 2 rings (SSSR count). The molecule has 0 unspecified atom stereocenters. The summed E-state index contributed by atoms with van der Waals surface area (Å²) in [5.74, 6) is -1.42. The SMILES string of the molecule is C[C@H](C(=O)O[C@H](C)C(=O)Nc1cccc(F)c1)N1CCOCC1. The summed E-state index contributed by atoms with van der Waals surface area (Å²) in [6.07, 6.45) is -0.964. The van der Waals surface area contributed by atoms with E-state index < -0.39 is 29.8 Å². The molecule has 1 amide bonds. The van der Waals surface area contributed by atoms with Crippen LogP contribution in [0.4, 0.5) is 10.1 Å². The number of halogens is 1. The van der Waals surface area contributed by atoms with E-state index in [-0.39, 0.29) is 0 Å². The number of nitrogens with zero attached hydrogens (tertiary/aromatic N) is 1. The third-order valence-corrected chi connectivity index (χ3v) is 3.69. The molecule has 0 bridgehead atoms. The van der Waals surface area contributed by atoms with E-state index in [0.717, 1.165) is 0 Å². The van der Waals surface area contributed by atoms with E-state index in [4.69, 9.17) is 9.47 Å².